The molecule has 0 fully saturated rings. The van der Waals surface area contributed by atoms with Crippen molar-refractivity contribution in [2.24, 2.45) is 41.4 Å². The molecule has 10 rings (SSSR count). The first-order valence-electron chi connectivity index (χ1n) is 18.6. The average molecular weight is 599 g/mol. The van der Waals surface area contributed by atoms with Crippen LogP contribution in [0.15, 0.2) is 131 Å². The lowest BCUT2D eigenvalue weighted by molar-refractivity contribution is 0.229. The van der Waals surface area contributed by atoms with Crippen LogP contribution in [0.4, 0.5) is 0 Å². The van der Waals surface area contributed by atoms with E-state index in [1.165, 1.54) is 75.3 Å². The summed E-state index contributed by atoms with van der Waals surface area (Å²) in [6, 6.07) is 18.8. The zero-order valence-corrected chi connectivity index (χ0v) is 27.1. The normalized spacial score (nSPS) is 35.1. The van der Waals surface area contributed by atoms with Crippen LogP contribution in [0.25, 0.3) is 11.6 Å². The van der Waals surface area contributed by atoms with Crippen LogP contribution in [-0.2, 0) is 6.42 Å². The summed E-state index contributed by atoms with van der Waals surface area (Å²) in [7, 11) is 0. The third kappa shape index (κ3) is 4.11. The highest BCUT2D eigenvalue weighted by atomic mass is 14.5. The van der Waals surface area contributed by atoms with Gasteiger partial charge in [-0.2, -0.15) is 0 Å². The van der Waals surface area contributed by atoms with E-state index >= 15 is 0 Å². The molecule has 46 heavy (non-hydrogen) atoms. The minimum atomic E-state index is 0.456. The summed E-state index contributed by atoms with van der Waals surface area (Å²) >= 11 is 0. The van der Waals surface area contributed by atoms with E-state index in [1.807, 2.05) is 0 Å². The van der Waals surface area contributed by atoms with Gasteiger partial charge in [-0.15, -0.1) is 0 Å². The number of fused-ring (bicyclic) bond motifs is 9. The fourth-order valence-electron chi connectivity index (χ4n) is 11.7. The smallest absolute Gasteiger partial charge is 0.0161 e. The molecule has 0 radical (unpaired) electrons. The van der Waals surface area contributed by atoms with Gasteiger partial charge in [0.25, 0.3) is 0 Å². The molecule has 0 N–H and O–H groups in total. The van der Waals surface area contributed by atoms with E-state index in [9.17, 15) is 0 Å². The molecule has 0 aromatic heterocycles. The highest BCUT2D eigenvalue weighted by molar-refractivity contribution is 5.79. The first kappa shape index (κ1) is 27.5. The topological polar surface area (TPSA) is 0 Å². The van der Waals surface area contributed by atoms with E-state index in [-0.39, 0.29) is 0 Å². The Hall–Kier alpha value is -3.64. The summed E-state index contributed by atoms with van der Waals surface area (Å²) in [6.45, 7) is 0. The summed E-state index contributed by atoms with van der Waals surface area (Å²) in [4.78, 5) is 0. The molecule has 2 aromatic rings. The van der Waals surface area contributed by atoms with Crippen molar-refractivity contribution in [2.45, 2.75) is 70.1 Å². The second-order valence-corrected chi connectivity index (χ2v) is 15.4. The maximum atomic E-state index is 2.88. The van der Waals surface area contributed by atoms with E-state index in [2.05, 4.69) is 109 Å². The molecule has 8 aliphatic carbocycles. The second kappa shape index (κ2) is 11.0. The van der Waals surface area contributed by atoms with E-state index in [1.54, 1.807) is 44.6 Å². The fraction of sp³-hybridized carbons (Fsp3) is 0.391. The summed E-state index contributed by atoms with van der Waals surface area (Å²) in [5.41, 5.74) is 16.4. The van der Waals surface area contributed by atoms with Crippen LogP contribution in [0, 0.1) is 41.4 Å². The molecule has 8 atom stereocenters. The van der Waals surface area contributed by atoms with E-state index in [0.29, 0.717) is 41.4 Å². The van der Waals surface area contributed by atoms with Crippen molar-refractivity contribution < 1.29 is 0 Å². The van der Waals surface area contributed by atoms with Crippen molar-refractivity contribution >= 4 is 11.6 Å². The molecule has 0 heterocycles. The quantitative estimate of drug-likeness (QED) is 0.302. The number of aryl methyl sites for hydroxylation is 1. The maximum absolute atomic E-state index is 2.88. The van der Waals surface area contributed by atoms with Gasteiger partial charge in [0.2, 0.25) is 0 Å². The van der Waals surface area contributed by atoms with Crippen LogP contribution < -0.4 is 0 Å². The van der Waals surface area contributed by atoms with Gasteiger partial charge in [-0.3, -0.25) is 0 Å². The Labute approximate surface area is 275 Å². The summed E-state index contributed by atoms with van der Waals surface area (Å²) in [6.07, 6.45) is 38.3. The van der Waals surface area contributed by atoms with Gasteiger partial charge >= 0.3 is 0 Å². The van der Waals surface area contributed by atoms with Gasteiger partial charge in [0.1, 0.15) is 0 Å². The summed E-state index contributed by atoms with van der Waals surface area (Å²) in [5.74, 6) is 4.74. The van der Waals surface area contributed by atoms with Gasteiger partial charge in [0.05, 0.1) is 0 Å². The molecule has 2 aromatic carbocycles. The molecule has 0 amide bonds. The van der Waals surface area contributed by atoms with E-state index in [0.717, 1.165) is 5.92 Å². The minimum Gasteiger partial charge on any atom is -0.0882 e. The molecule has 0 heteroatoms. The molecule has 7 unspecified atom stereocenters. The van der Waals surface area contributed by atoms with Crippen LogP contribution in [0.2, 0.25) is 0 Å². The number of hydrogen-bond donors (Lipinski definition) is 0. The molecule has 0 bridgehead atoms. The number of hydrogen-bond acceptors (Lipinski definition) is 0. The lowest BCUT2D eigenvalue weighted by Crippen LogP contribution is -2.41. The molecule has 8 aliphatic rings. The molecule has 0 saturated carbocycles. The zero-order chi connectivity index (χ0) is 30.2. The molecule has 0 aliphatic heterocycles. The third-order valence-electron chi connectivity index (χ3n) is 13.4. The Balaban J connectivity index is 1.16. The van der Waals surface area contributed by atoms with Crippen LogP contribution >= 0.6 is 0 Å². The SMILES string of the molecule is C1=CC2=C(CC1)C1C=CCCC1C1C=C([C@H]3C4=C(CCC=C4)C(C4=Cc5ccccc5CC4)C4CCC=CC43)c3ccccc3C21. The van der Waals surface area contributed by atoms with Gasteiger partial charge < -0.3 is 0 Å². The van der Waals surface area contributed by atoms with E-state index < -0.39 is 0 Å². The van der Waals surface area contributed by atoms with Gasteiger partial charge in [0, 0.05) is 23.7 Å². The fourth-order valence-corrected chi connectivity index (χ4v) is 11.7. The van der Waals surface area contributed by atoms with Crippen molar-refractivity contribution in [3.05, 3.63) is 153 Å². The van der Waals surface area contributed by atoms with Crippen molar-refractivity contribution in [3.63, 3.8) is 0 Å². The Bertz CT molecular complexity index is 1840. The molecular formula is C46H46. The Morgan fingerprint density at radius 3 is 2.24 bits per heavy atom. The van der Waals surface area contributed by atoms with Gasteiger partial charge in [-0.1, -0.05) is 126 Å². The third-order valence-corrected chi connectivity index (χ3v) is 13.4. The largest absolute Gasteiger partial charge is 0.0882 e. The molecule has 230 valence electrons. The number of allylic oxidation sites excluding steroid dienone is 15. The Kier molecular flexibility index (Phi) is 6.55. The van der Waals surface area contributed by atoms with Gasteiger partial charge in [-0.05, 0) is 127 Å². The van der Waals surface area contributed by atoms with Crippen LogP contribution in [0.3, 0.4) is 0 Å². The average Bonchev–Trinajstić information content (AvgIpc) is 3.13. The van der Waals surface area contributed by atoms with Crippen LogP contribution in [0.5, 0.6) is 0 Å². The Morgan fingerprint density at radius 2 is 1.33 bits per heavy atom. The summed E-state index contributed by atoms with van der Waals surface area (Å²) < 4.78 is 0. The molecule has 0 spiro atoms. The standard InChI is InChI=1S/C46H46/c1-2-14-30-27-31(26-25-29(30)13-1)44-38-21-9-11-23-40(38)46(41-24-12-10-22-39(41)44)43-28-42-34-17-4-3-15-32(34)33-16-5-7-19-36(33)45(42)37-20-8-6-18-35(37)43/h1-3,6-8,11-15,18-20,23-24,27-28,32,34,38,40,42,44-46H,4-5,9-10,16-17,21-22,25-26H2/t32?,34?,38?,40?,42?,44?,45?,46-/m1/s1. The Morgan fingerprint density at radius 1 is 0.565 bits per heavy atom. The van der Waals surface area contributed by atoms with Crippen molar-refractivity contribution in [3.8, 4) is 0 Å². The highest BCUT2D eigenvalue weighted by Gasteiger charge is 2.50. The lowest BCUT2D eigenvalue weighted by atomic mass is 9.52. The lowest BCUT2D eigenvalue weighted by Gasteiger charge is -2.52. The highest BCUT2D eigenvalue weighted by Crippen LogP contribution is 2.62. The van der Waals surface area contributed by atoms with Gasteiger partial charge in [0.15, 0.2) is 0 Å². The van der Waals surface area contributed by atoms with E-state index in [4.69, 9.17) is 0 Å². The van der Waals surface area contributed by atoms with Gasteiger partial charge in [-0.25, -0.2) is 0 Å². The first-order valence-corrected chi connectivity index (χ1v) is 18.6. The van der Waals surface area contributed by atoms with Crippen molar-refractivity contribution in [1.29, 1.82) is 0 Å². The van der Waals surface area contributed by atoms with Crippen molar-refractivity contribution in [2.75, 3.05) is 0 Å². The summed E-state index contributed by atoms with van der Waals surface area (Å²) in [5, 5.41) is 0. The second-order valence-electron chi connectivity index (χ2n) is 15.4. The minimum absolute atomic E-state index is 0.456. The molecular weight excluding hydrogens is 553 g/mol. The predicted octanol–water partition coefficient (Wildman–Crippen LogP) is 11.5. The van der Waals surface area contributed by atoms with Crippen LogP contribution in [0.1, 0.15) is 86.0 Å². The van der Waals surface area contributed by atoms with Crippen molar-refractivity contribution in [1.82, 2.24) is 0 Å². The first-order chi connectivity index (χ1) is 22.8. The number of benzene rings is 2. The number of rotatable bonds is 2. The molecule has 0 nitrogen and oxygen atoms in total. The monoisotopic (exact) mass is 598 g/mol. The zero-order valence-electron chi connectivity index (χ0n) is 27.1. The molecule has 0 saturated heterocycles. The maximum Gasteiger partial charge on any atom is 0.0161 e. The van der Waals surface area contributed by atoms with Crippen LogP contribution in [-0.4, -0.2) is 0 Å². The predicted molar refractivity (Wildman–Crippen MR) is 192 cm³/mol.